The Bertz CT molecular complexity index is 939. The first-order valence-electron chi connectivity index (χ1n) is 8.79. The van der Waals surface area contributed by atoms with Crippen molar-refractivity contribution in [1.82, 2.24) is 10.0 Å². The van der Waals surface area contributed by atoms with Crippen molar-refractivity contribution in [1.29, 1.82) is 0 Å². The standard InChI is InChI=1S/C17H25N3O5S2/c1-4-12(3)15(17(21)18-10-11-26(22,23)5-2)19-16-13-8-6-7-9-14(13)27(24,25)20-16/h6-9,12,15H,4-5,10-11H2,1-3H3,(H,18,21)(H,19,20)/t12-,15-/m0/s1. The lowest BCUT2D eigenvalue weighted by Gasteiger charge is -2.19. The molecule has 0 aromatic heterocycles. The third-order valence-electron chi connectivity index (χ3n) is 4.53. The Morgan fingerprint density at radius 3 is 2.56 bits per heavy atom. The first-order valence-corrected chi connectivity index (χ1v) is 12.1. The molecule has 0 spiro atoms. The van der Waals surface area contributed by atoms with Gasteiger partial charge in [-0.15, -0.1) is 0 Å². The Morgan fingerprint density at radius 1 is 1.26 bits per heavy atom. The number of sulfonamides is 1. The van der Waals surface area contributed by atoms with Crippen molar-refractivity contribution in [2.45, 2.75) is 38.1 Å². The second kappa shape index (κ2) is 8.39. The fourth-order valence-corrected chi connectivity index (χ4v) is 4.56. The molecule has 1 aliphatic heterocycles. The Kier molecular flexibility index (Phi) is 6.63. The van der Waals surface area contributed by atoms with Crippen molar-refractivity contribution in [2.75, 3.05) is 18.1 Å². The van der Waals surface area contributed by atoms with Crippen LogP contribution in [-0.2, 0) is 24.7 Å². The van der Waals surface area contributed by atoms with Crippen LogP contribution in [0.2, 0.25) is 0 Å². The summed E-state index contributed by atoms with van der Waals surface area (Å²) in [6.07, 6.45) is 0.649. The van der Waals surface area contributed by atoms with Crippen molar-refractivity contribution in [3.05, 3.63) is 29.8 Å². The van der Waals surface area contributed by atoms with Gasteiger partial charge in [0, 0.05) is 17.9 Å². The molecule has 0 bridgehead atoms. The van der Waals surface area contributed by atoms with Gasteiger partial charge in [0.15, 0.2) is 9.84 Å². The minimum Gasteiger partial charge on any atom is -0.353 e. The van der Waals surface area contributed by atoms with Gasteiger partial charge in [0.2, 0.25) is 5.91 Å². The van der Waals surface area contributed by atoms with E-state index in [1.165, 1.54) is 6.07 Å². The molecular formula is C17H25N3O5S2. The molecule has 0 unspecified atom stereocenters. The zero-order chi connectivity index (χ0) is 20.2. The van der Waals surface area contributed by atoms with Gasteiger partial charge in [0.05, 0.1) is 10.6 Å². The Morgan fingerprint density at radius 2 is 1.93 bits per heavy atom. The van der Waals surface area contributed by atoms with Gasteiger partial charge in [-0.1, -0.05) is 39.3 Å². The minimum absolute atomic E-state index is 0.00485. The predicted molar refractivity (Wildman–Crippen MR) is 104 cm³/mol. The third-order valence-corrected chi connectivity index (χ3v) is 7.64. The van der Waals surface area contributed by atoms with Crippen molar-refractivity contribution in [3.8, 4) is 0 Å². The average molecular weight is 416 g/mol. The van der Waals surface area contributed by atoms with Crippen molar-refractivity contribution >= 4 is 31.6 Å². The first-order chi connectivity index (χ1) is 12.6. The van der Waals surface area contributed by atoms with Crippen LogP contribution >= 0.6 is 0 Å². The van der Waals surface area contributed by atoms with Gasteiger partial charge in [-0.05, 0) is 18.1 Å². The summed E-state index contributed by atoms with van der Waals surface area (Å²) in [5.74, 6) is -0.580. The van der Waals surface area contributed by atoms with Gasteiger partial charge in [0.25, 0.3) is 10.0 Å². The summed E-state index contributed by atoms with van der Waals surface area (Å²) in [6, 6.07) is 5.60. The quantitative estimate of drug-likeness (QED) is 0.647. The number of nitrogens with one attached hydrogen (secondary N) is 2. The van der Waals surface area contributed by atoms with Crippen LogP contribution in [0.1, 0.15) is 32.8 Å². The van der Waals surface area contributed by atoms with Crippen LogP contribution in [0.15, 0.2) is 34.2 Å². The predicted octanol–water partition coefficient (Wildman–Crippen LogP) is 0.691. The van der Waals surface area contributed by atoms with Crippen LogP contribution in [0.4, 0.5) is 0 Å². The van der Waals surface area contributed by atoms with Crippen LogP contribution in [0, 0.1) is 5.92 Å². The van der Waals surface area contributed by atoms with E-state index in [-0.39, 0.29) is 34.7 Å². The fraction of sp³-hybridized carbons (Fsp3) is 0.529. The second-order valence-corrected chi connectivity index (χ2v) is 10.6. The number of hydrogen-bond donors (Lipinski definition) is 2. The zero-order valence-electron chi connectivity index (χ0n) is 15.6. The normalized spacial score (nSPS) is 19.1. The molecule has 150 valence electrons. The Balaban J connectivity index is 2.25. The van der Waals surface area contributed by atoms with Crippen molar-refractivity contribution in [2.24, 2.45) is 10.9 Å². The molecule has 0 saturated heterocycles. The van der Waals surface area contributed by atoms with Gasteiger partial charge in [-0.2, -0.15) is 0 Å². The summed E-state index contributed by atoms with van der Waals surface area (Å²) >= 11 is 0. The number of benzene rings is 1. The number of hydrogen-bond acceptors (Lipinski definition) is 6. The fourth-order valence-electron chi connectivity index (χ4n) is 2.61. The zero-order valence-corrected chi connectivity index (χ0v) is 17.2. The lowest BCUT2D eigenvalue weighted by molar-refractivity contribution is -0.123. The molecule has 2 atom stereocenters. The van der Waals surface area contributed by atoms with Crippen LogP contribution in [0.25, 0.3) is 0 Å². The van der Waals surface area contributed by atoms with E-state index in [0.29, 0.717) is 12.0 Å². The van der Waals surface area contributed by atoms with Gasteiger partial charge < -0.3 is 5.32 Å². The Hall–Kier alpha value is -1.94. The highest BCUT2D eigenvalue weighted by Gasteiger charge is 2.33. The maximum absolute atomic E-state index is 12.6. The highest BCUT2D eigenvalue weighted by Crippen LogP contribution is 2.24. The smallest absolute Gasteiger partial charge is 0.263 e. The molecule has 1 heterocycles. The van der Waals surface area contributed by atoms with Gasteiger partial charge in [0.1, 0.15) is 11.9 Å². The number of rotatable bonds is 8. The molecule has 0 radical (unpaired) electrons. The summed E-state index contributed by atoms with van der Waals surface area (Å²) in [5.41, 5.74) is 0.423. The number of carbonyl (C=O) groups excluding carboxylic acids is 1. The molecule has 0 fully saturated rings. The van der Waals surface area contributed by atoms with E-state index in [4.69, 9.17) is 0 Å². The van der Waals surface area contributed by atoms with Crippen LogP contribution in [0.5, 0.6) is 0 Å². The molecule has 10 heteroatoms. The van der Waals surface area contributed by atoms with E-state index in [1.807, 2.05) is 13.8 Å². The van der Waals surface area contributed by atoms with Gasteiger partial charge >= 0.3 is 0 Å². The number of aliphatic imine (C=N–C) groups is 1. The maximum Gasteiger partial charge on any atom is 0.263 e. The first kappa shape index (κ1) is 21.4. The van der Waals surface area contributed by atoms with Gasteiger partial charge in [-0.3, -0.25) is 14.5 Å². The van der Waals surface area contributed by atoms with E-state index in [0.717, 1.165) is 0 Å². The molecular weight excluding hydrogens is 390 g/mol. The maximum atomic E-state index is 12.6. The Labute approximate surface area is 160 Å². The third kappa shape index (κ3) is 5.07. The lowest BCUT2D eigenvalue weighted by Crippen LogP contribution is -2.41. The molecule has 0 aliphatic carbocycles. The number of fused-ring (bicyclic) bond motifs is 1. The van der Waals surface area contributed by atoms with Crippen LogP contribution < -0.4 is 10.0 Å². The molecule has 27 heavy (non-hydrogen) atoms. The number of amidine groups is 1. The highest BCUT2D eigenvalue weighted by atomic mass is 32.2. The largest absolute Gasteiger partial charge is 0.353 e. The van der Waals surface area contributed by atoms with E-state index in [9.17, 15) is 21.6 Å². The molecule has 8 nitrogen and oxygen atoms in total. The molecule has 2 N–H and O–H groups in total. The van der Waals surface area contributed by atoms with E-state index >= 15 is 0 Å². The van der Waals surface area contributed by atoms with Gasteiger partial charge in [-0.25, -0.2) is 16.8 Å². The molecule has 2 rings (SSSR count). The number of carbonyl (C=O) groups is 1. The van der Waals surface area contributed by atoms with E-state index < -0.39 is 31.8 Å². The summed E-state index contributed by atoms with van der Waals surface area (Å²) in [4.78, 5) is 17.1. The lowest BCUT2D eigenvalue weighted by atomic mass is 9.98. The summed E-state index contributed by atoms with van der Waals surface area (Å²) in [5, 5.41) is 2.60. The highest BCUT2D eigenvalue weighted by molar-refractivity contribution is 7.91. The summed E-state index contributed by atoms with van der Waals surface area (Å²) in [7, 11) is -6.88. The number of nitrogens with zero attached hydrogens (tertiary/aromatic N) is 1. The topological polar surface area (TPSA) is 122 Å². The molecule has 1 amide bonds. The molecule has 1 aliphatic rings. The SMILES string of the molecule is CC[C@H](C)[C@H](N=C1NS(=O)(=O)c2ccccc21)C(=O)NCCS(=O)(=O)CC. The van der Waals surface area contributed by atoms with Crippen molar-refractivity contribution in [3.63, 3.8) is 0 Å². The monoisotopic (exact) mass is 415 g/mol. The number of amides is 1. The van der Waals surface area contributed by atoms with Crippen molar-refractivity contribution < 1.29 is 21.6 Å². The summed E-state index contributed by atoms with van der Waals surface area (Å²) in [6.45, 7) is 5.29. The molecule has 1 aromatic carbocycles. The average Bonchev–Trinajstić information content (AvgIpc) is 2.89. The van der Waals surface area contributed by atoms with Crippen LogP contribution in [-0.4, -0.2) is 52.7 Å². The molecule has 0 saturated carbocycles. The van der Waals surface area contributed by atoms with Crippen LogP contribution in [0.3, 0.4) is 0 Å². The second-order valence-electron chi connectivity index (χ2n) is 6.44. The van der Waals surface area contributed by atoms with E-state index in [2.05, 4.69) is 15.0 Å². The molecule has 1 aromatic rings. The minimum atomic E-state index is -3.69. The number of sulfone groups is 1. The summed E-state index contributed by atoms with van der Waals surface area (Å²) < 4.78 is 50.0. The van der Waals surface area contributed by atoms with E-state index in [1.54, 1.807) is 25.1 Å².